The smallest absolute Gasteiger partial charge is 0.387 e. The van der Waals surface area contributed by atoms with E-state index in [9.17, 15) is 13.2 Å². The summed E-state index contributed by atoms with van der Waals surface area (Å²) in [5.74, 6) is -1.26. The van der Waals surface area contributed by atoms with E-state index in [-0.39, 0.29) is 17.6 Å². The lowest BCUT2D eigenvalue weighted by atomic mass is 10.0. The van der Waals surface area contributed by atoms with Crippen molar-refractivity contribution in [3.63, 3.8) is 0 Å². The highest BCUT2D eigenvalue weighted by Gasteiger charge is 2.18. The van der Waals surface area contributed by atoms with E-state index in [2.05, 4.69) is 10.1 Å². The molecule has 0 aliphatic rings. The third-order valence-corrected chi connectivity index (χ3v) is 2.97. The molecule has 0 spiro atoms. The van der Waals surface area contributed by atoms with Crippen molar-refractivity contribution < 1.29 is 22.6 Å². The second-order valence-electron chi connectivity index (χ2n) is 4.90. The van der Waals surface area contributed by atoms with Crippen molar-refractivity contribution in [3.8, 4) is 5.75 Å². The lowest BCUT2D eigenvalue weighted by Crippen LogP contribution is -2.31. The van der Waals surface area contributed by atoms with Crippen LogP contribution in [-0.4, -0.2) is 25.9 Å². The minimum Gasteiger partial charge on any atom is -0.432 e. The van der Waals surface area contributed by atoms with Crippen LogP contribution in [0.2, 0.25) is 0 Å². The van der Waals surface area contributed by atoms with Gasteiger partial charge in [0.15, 0.2) is 11.6 Å². The summed E-state index contributed by atoms with van der Waals surface area (Å²) in [7, 11) is 0. The first-order valence-corrected chi connectivity index (χ1v) is 6.73. The van der Waals surface area contributed by atoms with Gasteiger partial charge in [-0.05, 0) is 12.8 Å². The lowest BCUT2D eigenvalue weighted by Gasteiger charge is -2.24. The molecule has 0 fully saturated rings. The normalized spacial score (nSPS) is 12.8. The van der Waals surface area contributed by atoms with Gasteiger partial charge in [0.1, 0.15) is 0 Å². The minimum atomic E-state index is -3.10. The highest BCUT2D eigenvalue weighted by Crippen LogP contribution is 2.30. The Labute approximate surface area is 122 Å². The number of benzene rings is 1. The molecule has 0 aromatic heterocycles. The number of nitrogen functional groups attached to an aromatic ring is 1. The molecule has 21 heavy (non-hydrogen) atoms. The van der Waals surface area contributed by atoms with E-state index < -0.39 is 18.2 Å². The van der Waals surface area contributed by atoms with Crippen LogP contribution < -0.4 is 15.8 Å². The molecule has 0 bridgehead atoms. The molecular weight excluding hydrogens is 285 g/mol. The zero-order valence-electron chi connectivity index (χ0n) is 12.3. The Hall–Kier alpha value is -1.63. The molecule has 0 radical (unpaired) electrons. The SMILES string of the molecule is CCOCC(Nc1cc(OC(F)F)c(F)cc1N)C(C)C. The quantitative estimate of drug-likeness (QED) is 0.722. The number of halogens is 3. The minimum absolute atomic E-state index is 0.0860. The molecule has 3 N–H and O–H groups in total. The predicted octanol–water partition coefficient (Wildman–Crippen LogP) is 3.48. The Kier molecular flexibility index (Phi) is 6.61. The van der Waals surface area contributed by atoms with Crippen molar-refractivity contribution in [2.24, 2.45) is 5.92 Å². The van der Waals surface area contributed by atoms with Gasteiger partial charge in [-0.1, -0.05) is 13.8 Å². The van der Waals surface area contributed by atoms with Crippen molar-refractivity contribution in [2.75, 3.05) is 24.3 Å². The Bertz CT molecular complexity index is 456. The van der Waals surface area contributed by atoms with Gasteiger partial charge in [0.05, 0.1) is 24.0 Å². The monoisotopic (exact) mass is 306 g/mol. The van der Waals surface area contributed by atoms with Crippen molar-refractivity contribution in [1.29, 1.82) is 0 Å². The topological polar surface area (TPSA) is 56.5 Å². The zero-order valence-corrected chi connectivity index (χ0v) is 12.3. The van der Waals surface area contributed by atoms with Gasteiger partial charge in [-0.15, -0.1) is 0 Å². The van der Waals surface area contributed by atoms with Crippen LogP contribution in [-0.2, 0) is 4.74 Å². The summed E-state index contributed by atoms with van der Waals surface area (Å²) in [6.45, 7) is 3.72. The molecule has 1 aromatic rings. The van der Waals surface area contributed by atoms with Crippen LogP contribution in [0.5, 0.6) is 5.75 Å². The van der Waals surface area contributed by atoms with E-state index in [4.69, 9.17) is 10.5 Å². The molecule has 7 heteroatoms. The fourth-order valence-corrected chi connectivity index (χ4v) is 1.73. The van der Waals surface area contributed by atoms with Crippen LogP contribution in [0.15, 0.2) is 12.1 Å². The van der Waals surface area contributed by atoms with Crippen LogP contribution in [0, 0.1) is 11.7 Å². The Morgan fingerprint density at radius 1 is 1.29 bits per heavy atom. The van der Waals surface area contributed by atoms with Gasteiger partial charge < -0.3 is 20.5 Å². The van der Waals surface area contributed by atoms with Crippen LogP contribution in [0.25, 0.3) is 0 Å². The number of hydrogen-bond acceptors (Lipinski definition) is 4. The summed E-state index contributed by atoms with van der Waals surface area (Å²) in [6, 6.07) is 2.01. The maximum atomic E-state index is 13.5. The van der Waals surface area contributed by atoms with E-state index in [1.807, 2.05) is 20.8 Å². The fourth-order valence-electron chi connectivity index (χ4n) is 1.73. The molecule has 0 heterocycles. The maximum Gasteiger partial charge on any atom is 0.387 e. The second kappa shape index (κ2) is 7.97. The third-order valence-electron chi connectivity index (χ3n) is 2.97. The van der Waals surface area contributed by atoms with Gasteiger partial charge >= 0.3 is 6.61 Å². The van der Waals surface area contributed by atoms with Crippen LogP contribution in [0.3, 0.4) is 0 Å². The molecule has 1 rings (SSSR count). The van der Waals surface area contributed by atoms with Gasteiger partial charge in [-0.25, -0.2) is 4.39 Å². The number of nitrogens with two attached hydrogens (primary N) is 1. The first kappa shape index (κ1) is 17.4. The van der Waals surface area contributed by atoms with Gasteiger partial charge in [-0.2, -0.15) is 8.78 Å². The average molecular weight is 306 g/mol. The lowest BCUT2D eigenvalue weighted by molar-refractivity contribution is -0.0521. The summed E-state index contributed by atoms with van der Waals surface area (Å²) < 4.78 is 47.4. The second-order valence-corrected chi connectivity index (χ2v) is 4.90. The van der Waals surface area contributed by atoms with Gasteiger partial charge in [-0.3, -0.25) is 0 Å². The van der Waals surface area contributed by atoms with Crippen molar-refractivity contribution in [1.82, 2.24) is 0 Å². The Balaban J connectivity index is 2.94. The summed E-state index contributed by atoms with van der Waals surface area (Å²) in [4.78, 5) is 0. The molecule has 1 aromatic carbocycles. The maximum absolute atomic E-state index is 13.5. The summed E-state index contributed by atoms with van der Waals surface area (Å²) in [6.07, 6.45) is 0. The van der Waals surface area contributed by atoms with Crippen molar-refractivity contribution in [2.45, 2.75) is 33.4 Å². The first-order chi connectivity index (χ1) is 9.85. The van der Waals surface area contributed by atoms with Crippen molar-refractivity contribution >= 4 is 11.4 Å². The predicted molar refractivity (Wildman–Crippen MR) is 76.2 cm³/mol. The molecule has 4 nitrogen and oxygen atoms in total. The Morgan fingerprint density at radius 2 is 1.95 bits per heavy atom. The molecule has 1 unspecified atom stereocenters. The number of rotatable bonds is 8. The van der Waals surface area contributed by atoms with Gasteiger partial charge in [0, 0.05) is 18.7 Å². The third kappa shape index (κ3) is 5.34. The molecule has 0 amide bonds. The number of nitrogens with one attached hydrogen (secondary N) is 1. The standard InChI is InChI=1S/C14H21F3N2O2/c1-4-20-7-12(8(2)3)19-11-6-13(21-14(16)17)9(15)5-10(11)18/h5-6,8,12,14,19H,4,7,18H2,1-3H3. The van der Waals surface area contributed by atoms with E-state index in [0.29, 0.717) is 18.9 Å². The van der Waals surface area contributed by atoms with E-state index in [1.165, 1.54) is 0 Å². The van der Waals surface area contributed by atoms with Gasteiger partial charge in [0.2, 0.25) is 0 Å². The number of anilines is 2. The fraction of sp³-hybridized carbons (Fsp3) is 0.571. The number of hydrogen-bond donors (Lipinski definition) is 2. The largest absolute Gasteiger partial charge is 0.432 e. The molecule has 120 valence electrons. The molecular formula is C14H21F3N2O2. The van der Waals surface area contributed by atoms with E-state index in [0.717, 1.165) is 12.1 Å². The number of alkyl halides is 2. The first-order valence-electron chi connectivity index (χ1n) is 6.73. The zero-order chi connectivity index (χ0) is 16.0. The van der Waals surface area contributed by atoms with Crippen LogP contribution in [0.1, 0.15) is 20.8 Å². The molecule has 0 saturated carbocycles. The van der Waals surface area contributed by atoms with Crippen molar-refractivity contribution in [3.05, 3.63) is 17.9 Å². The number of ether oxygens (including phenoxy) is 2. The molecule has 0 aliphatic carbocycles. The molecule has 0 saturated heterocycles. The Morgan fingerprint density at radius 3 is 2.48 bits per heavy atom. The van der Waals surface area contributed by atoms with E-state index in [1.54, 1.807) is 0 Å². The highest BCUT2D eigenvalue weighted by atomic mass is 19.3. The average Bonchev–Trinajstić information content (AvgIpc) is 2.38. The van der Waals surface area contributed by atoms with Gasteiger partial charge in [0.25, 0.3) is 0 Å². The van der Waals surface area contributed by atoms with Crippen LogP contribution in [0.4, 0.5) is 24.5 Å². The highest BCUT2D eigenvalue weighted by molar-refractivity contribution is 5.69. The summed E-state index contributed by atoms with van der Waals surface area (Å²) in [5.41, 5.74) is 6.17. The molecule has 0 aliphatic heterocycles. The van der Waals surface area contributed by atoms with E-state index >= 15 is 0 Å². The summed E-state index contributed by atoms with van der Waals surface area (Å²) >= 11 is 0. The summed E-state index contributed by atoms with van der Waals surface area (Å²) in [5, 5.41) is 3.08. The van der Waals surface area contributed by atoms with Crippen LogP contribution >= 0.6 is 0 Å². The molecule has 1 atom stereocenters.